The van der Waals surface area contributed by atoms with E-state index < -0.39 is 6.04 Å². The predicted molar refractivity (Wildman–Crippen MR) is 88.1 cm³/mol. The van der Waals surface area contributed by atoms with Crippen molar-refractivity contribution in [2.75, 3.05) is 19.8 Å². The van der Waals surface area contributed by atoms with E-state index in [1.54, 1.807) is 0 Å². The smallest absolute Gasteiger partial charge is 0.237 e. The van der Waals surface area contributed by atoms with Gasteiger partial charge in [0.25, 0.3) is 0 Å². The van der Waals surface area contributed by atoms with Gasteiger partial charge in [-0.2, -0.15) is 5.10 Å². The van der Waals surface area contributed by atoms with E-state index in [0.29, 0.717) is 19.8 Å². The van der Waals surface area contributed by atoms with Crippen molar-refractivity contribution < 1.29 is 9.53 Å². The van der Waals surface area contributed by atoms with Crippen molar-refractivity contribution in [3.05, 3.63) is 17.5 Å². The van der Waals surface area contributed by atoms with Crippen LogP contribution in [0.15, 0.2) is 6.07 Å². The van der Waals surface area contributed by atoms with Crippen molar-refractivity contribution in [2.24, 2.45) is 11.7 Å². The van der Waals surface area contributed by atoms with Crippen molar-refractivity contribution >= 4 is 18.3 Å². The molecule has 1 atom stereocenters. The van der Waals surface area contributed by atoms with E-state index >= 15 is 0 Å². The number of halogens is 1. The van der Waals surface area contributed by atoms with Crippen molar-refractivity contribution in [1.82, 2.24) is 15.1 Å². The number of hydrogen-bond acceptors (Lipinski definition) is 4. The van der Waals surface area contributed by atoms with Crippen molar-refractivity contribution in [1.29, 1.82) is 0 Å². The number of aromatic nitrogens is 2. The van der Waals surface area contributed by atoms with Crippen LogP contribution in [0.1, 0.15) is 30.7 Å². The van der Waals surface area contributed by atoms with Crippen LogP contribution in [0, 0.1) is 19.8 Å². The summed E-state index contributed by atoms with van der Waals surface area (Å²) in [5.41, 5.74) is 8.20. The van der Waals surface area contributed by atoms with Gasteiger partial charge in [-0.3, -0.25) is 9.48 Å². The number of nitrogens with one attached hydrogen (secondary N) is 1. The second-order valence-corrected chi connectivity index (χ2v) is 5.77. The summed E-state index contributed by atoms with van der Waals surface area (Å²) < 4.78 is 7.27. The van der Waals surface area contributed by atoms with Gasteiger partial charge >= 0.3 is 0 Å². The lowest BCUT2D eigenvalue weighted by molar-refractivity contribution is -0.124. The van der Waals surface area contributed by atoms with Crippen LogP contribution >= 0.6 is 12.4 Å². The monoisotopic (exact) mass is 330 g/mol. The van der Waals surface area contributed by atoms with Crippen molar-refractivity contribution in [3.8, 4) is 0 Å². The van der Waals surface area contributed by atoms with Gasteiger partial charge in [0.1, 0.15) is 0 Å². The summed E-state index contributed by atoms with van der Waals surface area (Å²) in [5, 5.41) is 7.33. The van der Waals surface area contributed by atoms with Gasteiger partial charge in [-0.05, 0) is 45.1 Å². The molecule has 0 radical (unpaired) electrons. The summed E-state index contributed by atoms with van der Waals surface area (Å²) in [5.74, 6) is 0.199. The molecule has 1 aromatic heterocycles. The summed E-state index contributed by atoms with van der Waals surface area (Å²) in [7, 11) is 0. The zero-order valence-corrected chi connectivity index (χ0v) is 14.2. The van der Waals surface area contributed by atoms with Crippen LogP contribution in [0.25, 0.3) is 0 Å². The van der Waals surface area contributed by atoms with Gasteiger partial charge < -0.3 is 15.8 Å². The van der Waals surface area contributed by atoms with Gasteiger partial charge in [0.05, 0.1) is 11.7 Å². The molecule has 0 aliphatic carbocycles. The van der Waals surface area contributed by atoms with Crippen LogP contribution < -0.4 is 11.1 Å². The minimum Gasteiger partial charge on any atom is -0.381 e. The Morgan fingerprint density at radius 1 is 1.50 bits per heavy atom. The predicted octanol–water partition coefficient (Wildman–Crippen LogP) is 1.18. The number of rotatable bonds is 6. The second-order valence-electron chi connectivity index (χ2n) is 5.77. The summed E-state index contributed by atoms with van der Waals surface area (Å²) in [4.78, 5) is 12.0. The molecule has 6 nitrogen and oxygen atoms in total. The third-order valence-corrected chi connectivity index (χ3v) is 4.03. The maximum absolute atomic E-state index is 12.0. The Bertz CT molecular complexity index is 472. The highest BCUT2D eigenvalue weighted by Crippen LogP contribution is 2.17. The van der Waals surface area contributed by atoms with E-state index in [0.717, 1.165) is 37.2 Å². The summed E-state index contributed by atoms with van der Waals surface area (Å²) in [6, 6.07) is 1.64. The molecular formula is C15H27ClN4O2. The van der Waals surface area contributed by atoms with Gasteiger partial charge in [0, 0.05) is 32.0 Å². The van der Waals surface area contributed by atoms with E-state index in [1.165, 1.54) is 0 Å². The highest BCUT2D eigenvalue weighted by atomic mass is 35.5. The molecule has 1 saturated heterocycles. The number of hydrogen-bond donors (Lipinski definition) is 2. The maximum atomic E-state index is 12.0. The quantitative estimate of drug-likeness (QED) is 0.767. The Morgan fingerprint density at radius 2 is 2.18 bits per heavy atom. The first-order valence-corrected chi connectivity index (χ1v) is 7.70. The van der Waals surface area contributed by atoms with Crippen molar-refractivity contribution in [3.63, 3.8) is 0 Å². The maximum Gasteiger partial charge on any atom is 0.237 e. The van der Waals surface area contributed by atoms with Gasteiger partial charge in [-0.25, -0.2) is 0 Å². The Balaban J connectivity index is 0.00000242. The molecule has 2 rings (SSSR count). The molecule has 1 aliphatic rings. The number of ether oxygens (including phenoxy) is 1. The fourth-order valence-electron chi connectivity index (χ4n) is 2.75. The molecule has 7 heteroatoms. The molecule has 1 fully saturated rings. The minimum absolute atomic E-state index is 0. The summed E-state index contributed by atoms with van der Waals surface area (Å²) >= 11 is 0. The Kier molecular flexibility index (Phi) is 7.85. The van der Waals surface area contributed by atoms with E-state index in [9.17, 15) is 4.79 Å². The number of carbonyl (C=O) groups excluding carboxylic acids is 1. The number of nitrogens with two attached hydrogens (primary N) is 1. The largest absolute Gasteiger partial charge is 0.381 e. The average Bonchev–Trinajstić information content (AvgIpc) is 2.81. The Morgan fingerprint density at radius 3 is 2.77 bits per heavy atom. The van der Waals surface area contributed by atoms with Crippen LogP contribution in [0.4, 0.5) is 0 Å². The number of carbonyl (C=O) groups is 1. The van der Waals surface area contributed by atoms with Crippen LogP contribution in [0.5, 0.6) is 0 Å². The van der Waals surface area contributed by atoms with Crippen molar-refractivity contribution in [2.45, 2.75) is 45.7 Å². The molecule has 2 heterocycles. The lowest BCUT2D eigenvalue weighted by atomic mass is 9.92. The Hall–Kier alpha value is -1.11. The van der Waals surface area contributed by atoms with Crippen LogP contribution in [-0.2, 0) is 16.1 Å². The Labute approximate surface area is 138 Å². The standard InChI is InChI=1S/C15H26N4O2.ClH/c1-11-10-12(2)19(18-11)7-3-6-17-15(20)14(16)13-4-8-21-9-5-13;/h10,13-14H,3-9,16H2,1-2H3,(H,17,20);1H. The fourth-order valence-corrected chi connectivity index (χ4v) is 2.75. The van der Waals surface area contributed by atoms with Gasteiger partial charge in [0.2, 0.25) is 5.91 Å². The topological polar surface area (TPSA) is 82.2 Å². The molecule has 22 heavy (non-hydrogen) atoms. The third-order valence-electron chi connectivity index (χ3n) is 4.03. The highest BCUT2D eigenvalue weighted by Gasteiger charge is 2.26. The molecule has 1 unspecified atom stereocenters. The SMILES string of the molecule is Cc1cc(C)n(CCCNC(=O)C(N)C2CCOCC2)n1.Cl. The third kappa shape index (κ3) is 5.26. The molecular weight excluding hydrogens is 304 g/mol. The van der Waals surface area contributed by atoms with E-state index in [4.69, 9.17) is 10.5 Å². The average molecular weight is 331 g/mol. The molecule has 1 aliphatic heterocycles. The van der Waals surface area contributed by atoms with Crippen LogP contribution in [0.2, 0.25) is 0 Å². The molecule has 126 valence electrons. The zero-order chi connectivity index (χ0) is 15.2. The number of nitrogens with zero attached hydrogens (tertiary/aromatic N) is 2. The first-order valence-electron chi connectivity index (χ1n) is 7.70. The normalized spacial score (nSPS) is 16.9. The second kappa shape index (κ2) is 9.12. The van der Waals surface area contributed by atoms with Gasteiger partial charge in [-0.1, -0.05) is 0 Å². The lowest BCUT2D eigenvalue weighted by Gasteiger charge is -2.26. The lowest BCUT2D eigenvalue weighted by Crippen LogP contribution is -2.47. The molecule has 0 aromatic carbocycles. The highest BCUT2D eigenvalue weighted by molar-refractivity contribution is 5.85. The number of aryl methyl sites for hydroxylation is 3. The zero-order valence-electron chi connectivity index (χ0n) is 13.4. The van der Waals surface area contributed by atoms with Crippen LogP contribution in [-0.4, -0.2) is 41.5 Å². The molecule has 1 aromatic rings. The molecule has 1 amide bonds. The summed E-state index contributed by atoms with van der Waals surface area (Å²) in [6.07, 6.45) is 2.61. The minimum atomic E-state index is -0.414. The first-order chi connectivity index (χ1) is 10.1. The van der Waals surface area contributed by atoms with Crippen LogP contribution in [0.3, 0.4) is 0 Å². The van der Waals surface area contributed by atoms with E-state index in [-0.39, 0.29) is 24.2 Å². The first kappa shape index (κ1) is 18.9. The molecule has 0 bridgehead atoms. The molecule has 0 spiro atoms. The van der Waals surface area contributed by atoms with Gasteiger partial charge in [-0.15, -0.1) is 12.4 Å². The molecule has 0 saturated carbocycles. The fraction of sp³-hybridized carbons (Fsp3) is 0.733. The number of amides is 1. The van der Waals surface area contributed by atoms with E-state index in [2.05, 4.69) is 16.5 Å². The van der Waals surface area contributed by atoms with Gasteiger partial charge in [0.15, 0.2) is 0 Å². The summed E-state index contributed by atoms with van der Waals surface area (Å²) in [6.45, 7) is 6.89. The molecule has 3 N–H and O–H groups in total. The van der Waals surface area contributed by atoms with E-state index in [1.807, 2.05) is 18.5 Å².